The molecule has 0 aromatic carbocycles. The molecule has 0 amide bonds. The van der Waals surface area contributed by atoms with Crippen molar-refractivity contribution in [1.82, 2.24) is 34.5 Å². The van der Waals surface area contributed by atoms with E-state index in [1.165, 1.54) is 151 Å². The Morgan fingerprint density at radius 1 is 0.540 bits per heavy atom. The van der Waals surface area contributed by atoms with Crippen molar-refractivity contribution in [3.8, 4) is 0 Å². The van der Waals surface area contributed by atoms with Crippen molar-refractivity contribution in [3.05, 3.63) is 78.1 Å². The molecular formula is C71H143BF3N7O14PdSY2. The molecule has 5 aliphatic rings. The molecule has 29 heteroatoms. The minimum atomic E-state index is -5.52. The monoisotopic (exact) mass is 1700 g/mol. The van der Waals surface area contributed by atoms with Crippen LogP contribution in [0, 0.1) is 18.8 Å². The molecule has 592 valence electrons. The van der Waals surface area contributed by atoms with Crippen molar-refractivity contribution >= 4 is 52.4 Å². The number of pyridine rings is 2. The minimum absolute atomic E-state index is 0. The summed E-state index contributed by atoms with van der Waals surface area (Å²) in [6, 6.07) is 7.19. The van der Waals surface area contributed by atoms with E-state index >= 15 is 0 Å². The fourth-order valence-corrected chi connectivity index (χ4v) is 7.53. The number of carbonyl (C=O) groups is 5. The van der Waals surface area contributed by atoms with Crippen LogP contribution >= 0.6 is 0 Å². The Balaban J connectivity index is -0.0000000672. The number of halogens is 3. The first-order valence-corrected chi connectivity index (χ1v) is 35.7. The Bertz CT molecular complexity index is 2120. The molecule has 3 fully saturated rings. The number of ether oxygens (including phenoxy) is 4. The van der Waals surface area contributed by atoms with Crippen molar-refractivity contribution in [2.75, 3.05) is 129 Å². The van der Waals surface area contributed by atoms with Gasteiger partial charge in [-0.05, 0) is 149 Å². The predicted octanol–water partition coefficient (Wildman–Crippen LogP) is 13.4. The Kier molecular flexibility index (Phi) is 126. The number of methoxy groups -OCH3 is 4. The average Bonchev–Trinajstić information content (AvgIpc) is 0.828. The number of likely N-dealkylation sites (N-methyl/N-ethyl adjacent to an activating group) is 3. The summed E-state index contributed by atoms with van der Waals surface area (Å²) in [6.07, 6.45) is 19.5. The van der Waals surface area contributed by atoms with E-state index in [9.17, 15) is 45.6 Å². The smallest absolute Gasteiger partial charge is 0.469 e. The van der Waals surface area contributed by atoms with Gasteiger partial charge in [-0.3, -0.25) is 43.7 Å². The Morgan fingerprint density at radius 2 is 0.870 bits per heavy atom. The molecule has 0 aliphatic carbocycles. The molecule has 5 aliphatic heterocycles. The van der Waals surface area contributed by atoms with Gasteiger partial charge in [-0.15, -0.1) is 0 Å². The summed E-state index contributed by atoms with van der Waals surface area (Å²) in [5.74, 6) is 1.10. The third-order valence-electron chi connectivity index (χ3n) is 11.4. The fourth-order valence-electron chi connectivity index (χ4n) is 7.04. The van der Waals surface area contributed by atoms with E-state index in [1.54, 1.807) is 36.5 Å². The summed E-state index contributed by atoms with van der Waals surface area (Å²) in [5, 5.41) is 17.1. The molecule has 3 saturated heterocycles. The molecule has 2 N–H and O–H groups in total. The van der Waals surface area contributed by atoms with Crippen LogP contribution in [-0.4, -0.2) is 224 Å². The van der Waals surface area contributed by atoms with Gasteiger partial charge < -0.3 is 47.9 Å². The summed E-state index contributed by atoms with van der Waals surface area (Å²) < 4.78 is 77.5. The zero-order chi connectivity index (χ0) is 78.6. The average molecular weight is 1700 g/mol. The van der Waals surface area contributed by atoms with Crippen LogP contribution in [0.15, 0.2) is 72.5 Å². The molecule has 2 aromatic rings. The van der Waals surface area contributed by atoms with Crippen molar-refractivity contribution in [3.63, 3.8) is 0 Å². The largest absolute Gasteiger partial charge is 0.534 e. The summed E-state index contributed by atoms with van der Waals surface area (Å²) in [4.78, 5) is 67.5. The van der Waals surface area contributed by atoms with E-state index < -0.39 is 22.7 Å². The van der Waals surface area contributed by atoms with Gasteiger partial charge in [-0.2, -0.15) is 21.6 Å². The number of piperidine rings is 3. The molecule has 0 saturated carbocycles. The normalized spacial score (nSPS) is 15.2. The van der Waals surface area contributed by atoms with E-state index in [1.807, 2.05) is 129 Å². The van der Waals surface area contributed by atoms with Gasteiger partial charge in [0.1, 0.15) is 11.5 Å². The molecular weight excluding hydrogens is 1560 g/mol. The van der Waals surface area contributed by atoms with Crippen LogP contribution < -0.4 is 5.46 Å². The van der Waals surface area contributed by atoms with Crippen LogP contribution in [0.1, 0.15) is 202 Å². The molecule has 7 heterocycles. The van der Waals surface area contributed by atoms with Crippen LogP contribution in [-0.2, 0) is 143 Å². The first-order chi connectivity index (χ1) is 45.7. The number of nitrogens with zero attached hydrogens (tertiary/aromatic N) is 7. The van der Waals surface area contributed by atoms with Gasteiger partial charge in [0.15, 0.2) is 0 Å². The van der Waals surface area contributed by atoms with Crippen LogP contribution in [0.3, 0.4) is 0 Å². The van der Waals surface area contributed by atoms with Gasteiger partial charge in [0.2, 0.25) is 0 Å². The van der Waals surface area contributed by atoms with Crippen molar-refractivity contribution in [1.29, 1.82) is 0 Å². The molecule has 2 atom stereocenters. The Labute approximate surface area is 673 Å². The molecule has 21 nitrogen and oxygen atoms in total. The van der Waals surface area contributed by atoms with E-state index in [4.69, 9.17) is 10.0 Å². The van der Waals surface area contributed by atoms with Gasteiger partial charge >= 0.3 is 46.6 Å². The number of hydrogen-bond donors (Lipinski definition) is 2. The number of likely N-dealkylation sites (tertiary alicyclic amines) is 3. The molecule has 7 rings (SSSR count). The zero-order valence-electron chi connectivity index (χ0n) is 68.2. The third kappa shape index (κ3) is 106. The van der Waals surface area contributed by atoms with Crippen LogP contribution in [0.5, 0.6) is 0 Å². The number of rotatable bonds is 3. The predicted molar refractivity (Wildman–Crippen MR) is 399 cm³/mol. The Hall–Kier alpha value is -2.47. The maximum atomic E-state index is 11.9. The van der Waals surface area contributed by atoms with Gasteiger partial charge in [0.05, 0.1) is 41.5 Å². The summed E-state index contributed by atoms with van der Waals surface area (Å²) in [6.45, 7) is 52.4. The number of carbonyl (C=O) groups excluding carboxylic acids is 5. The van der Waals surface area contributed by atoms with Crippen LogP contribution in [0.4, 0.5) is 13.2 Å². The number of aromatic nitrogens is 2. The zero-order valence-corrected chi connectivity index (χ0v) is 76.2. The van der Waals surface area contributed by atoms with Crippen LogP contribution in [0.25, 0.3) is 0 Å². The Morgan fingerprint density at radius 3 is 1.06 bits per heavy atom. The van der Waals surface area contributed by atoms with E-state index in [0.717, 1.165) is 31.2 Å². The topological polar surface area (TPSA) is 248 Å². The summed E-state index contributed by atoms with van der Waals surface area (Å²) in [5.41, 5.74) is -2.23. The molecule has 0 spiro atoms. The maximum absolute atomic E-state index is 11.9. The number of alkyl halides is 3. The molecule has 0 bridgehead atoms. The number of hydrogen-bond acceptors (Lipinski definition) is 21. The SMILES string of the molecule is CC.CC.CC.CC.CC.CC.CC.CC1=CCCN(C)C1.CC1CCCN(C)C1.CC1CCCN(C)C1.CN1CCC=C(OS(=O)(=O)C(F)(F)F)C1.CN1CCCC(=O)C1.COC(C)=O.COC(C)=O.COC(C)=O.COC(C)=O.Cc1cccnc1.OB(O)c1cccnc1.[Pd].[Y].[Y]. The van der Waals surface area contributed by atoms with Crippen molar-refractivity contribution in [2.45, 2.75) is 209 Å². The third-order valence-corrected chi connectivity index (χ3v) is 12.4. The first kappa shape index (κ1) is 130. The standard InChI is InChI=1S/C7H10F3NO3S.2C7H15N.C7H13N.C6H11NO.C6H7N.C5H6BNO2.4C3H6O2.7C2H6.Pd.2Y/c1-11-4-2-3-6(5-11)14-15(12,13)7(8,9)10;3*1-7-4-3-5-8(2)6-7;1-7-4-2-3-6(8)5-7;1-6-3-2-4-7-5-6;8-6(9)5-2-1-3-7-4-5;4*1-3(4)5-2;7*1-2;;;/h3H,2,4-5H2,1H3;2*7H,3-6H2,1-2H3;4H,3,5-6H2,1-2H3;2-5H2,1H3;2-5H,1H3;1-4,8-9H;4*1-2H3;7*1-2H3;;;. The van der Waals surface area contributed by atoms with E-state index in [2.05, 4.69) is 101 Å². The summed E-state index contributed by atoms with van der Waals surface area (Å²) in [7, 11) is 8.70. The van der Waals surface area contributed by atoms with Crippen LogP contribution in [0.2, 0.25) is 0 Å². The van der Waals surface area contributed by atoms with E-state index in [0.29, 0.717) is 30.8 Å². The number of Topliss-reactive ketones (excluding diaryl/α,β-unsaturated/α-hetero) is 1. The second-order valence-corrected chi connectivity index (χ2v) is 21.7. The van der Waals surface area contributed by atoms with Crippen molar-refractivity contribution in [2.24, 2.45) is 11.8 Å². The van der Waals surface area contributed by atoms with Gasteiger partial charge in [0.25, 0.3) is 0 Å². The minimum Gasteiger partial charge on any atom is -0.469 e. The molecule has 100 heavy (non-hydrogen) atoms. The first-order valence-electron chi connectivity index (χ1n) is 34.3. The van der Waals surface area contributed by atoms with Gasteiger partial charge in [-0.25, -0.2) is 0 Å². The molecule has 2 unspecified atom stereocenters. The van der Waals surface area contributed by atoms with Gasteiger partial charge in [-0.1, -0.05) is 135 Å². The second-order valence-electron chi connectivity index (χ2n) is 20.1. The quantitative estimate of drug-likeness (QED) is 0.0724. The van der Waals surface area contributed by atoms with E-state index in [-0.39, 0.29) is 122 Å². The number of ketones is 1. The molecule has 2 aromatic heterocycles. The molecule has 2 radical (unpaired) electrons. The number of esters is 4. The van der Waals surface area contributed by atoms with Gasteiger partial charge in [0, 0.05) is 183 Å². The summed E-state index contributed by atoms with van der Waals surface area (Å²) >= 11 is 0. The second kappa shape index (κ2) is 96.5. The maximum Gasteiger partial charge on any atom is 0.534 e. The fraction of sp³-hybridized carbons (Fsp3) is 0.732. The van der Waals surface area contributed by atoms with Crippen molar-refractivity contribution < 1.29 is 165 Å². The number of aryl methyl sites for hydroxylation is 1.